The van der Waals surface area contributed by atoms with Crippen molar-refractivity contribution in [3.8, 4) is 0 Å². The van der Waals surface area contributed by atoms with Crippen LogP contribution in [0.4, 0.5) is 0 Å². The summed E-state index contributed by atoms with van der Waals surface area (Å²) in [7, 11) is -3.46. The Morgan fingerprint density at radius 2 is 2.21 bits per heavy atom. The Bertz CT molecular complexity index is 478. The summed E-state index contributed by atoms with van der Waals surface area (Å²) in [4.78, 5) is 0. The molecule has 0 radical (unpaired) electrons. The summed E-state index contributed by atoms with van der Waals surface area (Å²) in [6, 6.07) is 3.13. The van der Waals surface area contributed by atoms with Gasteiger partial charge in [-0.25, -0.2) is 0 Å². The maximum Gasteiger partial charge on any atom is 0.280 e. The van der Waals surface area contributed by atoms with Gasteiger partial charge in [-0.2, -0.15) is 17.4 Å². The van der Waals surface area contributed by atoms with Crippen molar-refractivity contribution in [1.29, 1.82) is 0 Å². The molecule has 0 amide bonds. The van der Waals surface area contributed by atoms with Gasteiger partial charge in [-0.05, 0) is 44.4 Å². The van der Waals surface area contributed by atoms with Crippen LogP contribution in [0, 0.1) is 5.92 Å². The molecule has 2 rings (SSSR count). The van der Waals surface area contributed by atoms with Gasteiger partial charge in [-0.15, -0.1) is 0 Å². The summed E-state index contributed by atoms with van der Waals surface area (Å²) in [5.41, 5.74) is 5.61. The zero-order valence-corrected chi connectivity index (χ0v) is 11.9. The Balaban J connectivity index is 1.95. The van der Waals surface area contributed by atoms with Gasteiger partial charge in [-0.3, -0.25) is 0 Å². The van der Waals surface area contributed by atoms with E-state index in [2.05, 4.69) is 4.72 Å². The maximum atomic E-state index is 12.2. The van der Waals surface area contributed by atoms with Crippen molar-refractivity contribution >= 4 is 10.2 Å². The van der Waals surface area contributed by atoms with Gasteiger partial charge in [-0.1, -0.05) is 0 Å². The first-order chi connectivity index (χ1) is 9.03. The molecular weight excluding hydrogens is 266 g/mol. The lowest BCUT2D eigenvalue weighted by Crippen LogP contribution is -2.46. The number of furan rings is 1. The highest BCUT2D eigenvalue weighted by Crippen LogP contribution is 2.20. The molecule has 108 valence electrons. The Morgan fingerprint density at radius 1 is 1.53 bits per heavy atom. The molecule has 1 atom stereocenters. The Kier molecular flexibility index (Phi) is 4.62. The SMILES string of the molecule is CC(NS(=O)(=O)N1CCC(CN)CC1)c1ccco1. The molecule has 0 spiro atoms. The monoisotopic (exact) mass is 287 g/mol. The second-order valence-electron chi connectivity index (χ2n) is 4.94. The number of hydrogen-bond donors (Lipinski definition) is 2. The van der Waals surface area contributed by atoms with Crippen molar-refractivity contribution in [3.63, 3.8) is 0 Å². The second kappa shape index (κ2) is 6.04. The number of nitrogens with zero attached hydrogens (tertiary/aromatic N) is 1. The molecule has 2 heterocycles. The molecule has 1 aromatic heterocycles. The van der Waals surface area contributed by atoms with E-state index in [-0.39, 0.29) is 6.04 Å². The molecule has 1 aromatic rings. The number of hydrogen-bond acceptors (Lipinski definition) is 4. The second-order valence-corrected chi connectivity index (χ2v) is 6.64. The number of rotatable bonds is 5. The lowest BCUT2D eigenvalue weighted by atomic mass is 9.99. The highest BCUT2D eigenvalue weighted by Gasteiger charge is 2.29. The molecule has 0 aromatic carbocycles. The van der Waals surface area contributed by atoms with Gasteiger partial charge in [0.25, 0.3) is 10.2 Å². The van der Waals surface area contributed by atoms with Gasteiger partial charge in [0.05, 0.1) is 12.3 Å². The molecule has 19 heavy (non-hydrogen) atoms. The summed E-state index contributed by atoms with van der Waals surface area (Å²) in [5, 5.41) is 0. The van der Waals surface area contributed by atoms with Crippen molar-refractivity contribution in [2.24, 2.45) is 11.7 Å². The van der Waals surface area contributed by atoms with Crippen LogP contribution in [-0.2, 0) is 10.2 Å². The predicted octanol–water partition coefficient (Wildman–Crippen LogP) is 0.846. The first-order valence-corrected chi connectivity index (χ1v) is 7.98. The quantitative estimate of drug-likeness (QED) is 0.840. The van der Waals surface area contributed by atoms with Crippen LogP contribution in [0.3, 0.4) is 0 Å². The average molecular weight is 287 g/mol. The van der Waals surface area contributed by atoms with E-state index in [4.69, 9.17) is 10.2 Å². The van der Waals surface area contributed by atoms with Gasteiger partial charge in [0.1, 0.15) is 5.76 Å². The number of nitrogens with two attached hydrogens (primary N) is 1. The largest absolute Gasteiger partial charge is 0.468 e. The molecule has 1 fully saturated rings. The van der Waals surface area contributed by atoms with Crippen LogP contribution in [0.15, 0.2) is 22.8 Å². The van der Waals surface area contributed by atoms with Crippen LogP contribution in [0.2, 0.25) is 0 Å². The Hall–Kier alpha value is -0.890. The zero-order valence-electron chi connectivity index (χ0n) is 11.1. The van der Waals surface area contributed by atoms with Gasteiger partial charge in [0, 0.05) is 13.1 Å². The molecule has 1 unspecified atom stereocenters. The Morgan fingerprint density at radius 3 is 2.74 bits per heavy atom. The molecule has 1 aliphatic rings. The third-order valence-corrected chi connectivity index (χ3v) is 5.24. The molecule has 0 aliphatic carbocycles. The minimum Gasteiger partial charge on any atom is -0.468 e. The summed E-state index contributed by atoms with van der Waals surface area (Å²) in [6.45, 7) is 3.46. The first-order valence-electron chi connectivity index (χ1n) is 6.54. The van der Waals surface area contributed by atoms with Crippen molar-refractivity contribution in [3.05, 3.63) is 24.2 Å². The third kappa shape index (κ3) is 3.56. The van der Waals surface area contributed by atoms with Gasteiger partial charge < -0.3 is 10.2 Å². The molecule has 6 nitrogen and oxygen atoms in total. The molecular formula is C12H21N3O3S. The van der Waals surface area contributed by atoms with E-state index in [1.54, 1.807) is 19.1 Å². The Labute approximate surface area is 114 Å². The van der Waals surface area contributed by atoms with E-state index >= 15 is 0 Å². The topological polar surface area (TPSA) is 88.6 Å². The minimum atomic E-state index is -3.46. The molecule has 7 heteroatoms. The van der Waals surface area contributed by atoms with Crippen LogP contribution in [0.5, 0.6) is 0 Å². The summed E-state index contributed by atoms with van der Waals surface area (Å²) < 4.78 is 33.8. The molecule has 0 saturated carbocycles. The van der Waals surface area contributed by atoms with Crippen molar-refractivity contribution in [1.82, 2.24) is 9.03 Å². The van der Waals surface area contributed by atoms with Crippen LogP contribution in [0.1, 0.15) is 31.6 Å². The van der Waals surface area contributed by atoms with E-state index in [0.29, 0.717) is 31.3 Å². The summed E-state index contributed by atoms with van der Waals surface area (Å²) >= 11 is 0. The van der Waals surface area contributed by atoms with Crippen LogP contribution >= 0.6 is 0 Å². The first kappa shape index (κ1) is 14.5. The van der Waals surface area contributed by atoms with Crippen molar-refractivity contribution in [2.45, 2.75) is 25.8 Å². The highest BCUT2D eigenvalue weighted by atomic mass is 32.2. The van der Waals surface area contributed by atoms with E-state index in [1.165, 1.54) is 10.6 Å². The van der Waals surface area contributed by atoms with E-state index < -0.39 is 10.2 Å². The lowest BCUT2D eigenvalue weighted by molar-refractivity contribution is 0.274. The molecule has 1 aliphatic heterocycles. The predicted molar refractivity (Wildman–Crippen MR) is 72.5 cm³/mol. The van der Waals surface area contributed by atoms with Gasteiger partial charge in [0.15, 0.2) is 0 Å². The van der Waals surface area contributed by atoms with E-state index in [0.717, 1.165) is 12.8 Å². The fourth-order valence-corrected chi connectivity index (χ4v) is 3.68. The van der Waals surface area contributed by atoms with Crippen molar-refractivity contribution < 1.29 is 12.8 Å². The summed E-state index contributed by atoms with van der Waals surface area (Å²) in [5.74, 6) is 1.05. The smallest absolute Gasteiger partial charge is 0.280 e. The lowest BCUT2D eigenvalue weighted by Gasteiger charge is -2.31. The van der Waals surface area contributed by atoms with Crippen molar-refractivity contribution in [2.75, 3.05) is 19.6 Å². The zero-order chi connectivity index (χ0) is 13.9. The van der Waals surface area contributed by atoms with Crippen LogP contribution in [-0.4, -0.2) is 32.4 Å². The average Bonchev–Trinajstić information content (AvgIpc) is 2.92. The minimum absolute atomic E-state index is 0.368. The van der Waals surface area contributed by atoms with E-state index in [9.17, 15) is 8.42 Å². The highest BCUT2D eigenvalue weighted by molar-refractivity contribution is 7.87. The number of nitrogens with one attached hydrogen (secondary N) is 1. The standard InChI is InChI=1S/C12H21N3O3S/c1-10(12-3-2-8-18-12)14-19(16,17)15-6-4-11(9-13)5-7-15/h2-3,8,10-11,14H,4-7,9,13H2,1H3. The fraction of sp³-hybridized carbons (Fsp3) is 0.667. The van der Waals surface area contributed by atoms with Crippen LogP contribution in [0.25, 0.3) is 0 Å². The normalized spacial score (nSPS) is 20.5. The van der Waals surface area contributed by atoms with E-state index in [1.807, 2.05) is 0 Å². The van der Waals surface area contributed by atoms with Gasteiger partial charge >= 0.3 is 0 Å². The van der Waals surface area contributed by atoms with Gasteiger partial charge in [0.2, 0.25) is 0 Å². The van der Waals surface area contributed by atoms with Crippen LogP contribution < -0.4 is 10.5 Å². The number of piperidine rings is 1. The molecule has 3 N–H and O–H groups in total. The summed E-state index contributed by atoms with van der Waals surface area (Å²) in [6.07, 6.45) is 3.19. The fourth-order valence-electron chi connectivity index (χ4n) is 2.28. The third-order valence-electron chi connectivity index (χ3n) is 3.54. The maximum absolute atomic E-state index is 12.2. The molecule has 1 saturated heterocycles. The molecule has 0 bridgehead atoms.